The standard InChI is InChI=1S/C11H19N5O/c1-15(2)5-6-16-11(8-3-4-8)9(13-14-16)7-10(12)17/h8H,3-7H2,1-2H3,(H2,12,17). The van der Waals surface area contributed by atoms with Crippen molar-refractivity contribution < 1.29 is 4.79 Å². The molecule has 0 aliphatic heterocycles. The molecule has 0 radical (unpaired) electrons. The minimum atomic E-state index is -0.341. The van der Waals surface area contributed by atoms with Gasteiger partial charge < -0.3 is 10.6 Å². The Kier molecular flexibility index (Phi) is 3.42. The molecule has 1 fully saturated rings. The molecule has 94 valence electrons. The van der Waals surface area contributed by atoms with E-state index in [-0.39, 0.29) is 12.3 Å². The van der Waals surface area contributed by atoms with Crippen LogP contribution in [0.2, 0.25) is 0 Å². The van der Waals surface area contributed by atoms with E-state index in [0.717, 1.165) is 24.5 Å². The molecule has 0 spiro atoms. The van der Waals surface area contributed by atoms with Gasteiger partial charge in [0.15, 0.2) is 0 Å². The summed E-state index contributed by atoms with van der Waals surface area (Å²) in [4.78, 5) is 13.1. The summed E-state index contributed by atoms with van der Waals surface area (Å²) >= 11 is 0. The first kappa shape index (κ1) is 12.0. The summed E-state index contributed by atoms with van der Waals surface area (Å²) in [5, 5.41) is 8.22. The molecule has 0 atom stereocenters. The maximum atomic E-state index is 11.0. The van der Waals surface area contributed by atoms with E-state index in [1.807, 2.05) is 18.8 Å². The van der Waals surface area contributed by atoms with Gasteiger partial charge >= 0.3 is 0 Å². The SMILES string of the molecule is CN(C)CCn1nnc(CC(N)=O)c1C1CC1. The third-order valence-electron chi connectivity index (χ3n) is 2.91. The quantitative estimate of drug-likeness (QED) is 0.740. The van der Waals surface area contributed by atoms with E-state index in [4.69, 9.17) is 5.73 Å². The first-order chi connectivity index (χ1) is 8.08. The van der Waals surface area contributed by atoms with Gasteiger partial charge in [-0.1, -0.05) is 5.21 Å². The zero-order valence-electron chi connectivity index (χ0n) is 10.4. The largest absolute Gasteiger partial charge is 0.369 e. The summed E-state index contributed by atoms with van der Waals surface area (Å²) in [6, 6.07) is 0. The number of amides is 1. The highest BCUT2D eigenvalue weighted by Crippen LogP contribution is 2.41. The van der Waals surface area contributed by atoms with Crippen LogP contribution in [0, 0.1) is 0 Å². The number of nitrogens with two attached hydrogens (primary N) is 1. The van der Waals surface area contributed by atoms with Crippen molar-refractivity contribution >= 4 is 5.91 Å². The Morgan fingerprint density at radius 2 is 2.24 bits per heavy atom. The third-order valence-corrected chi connectivity index (χ3v) is 2.91. The van der Waals surface area contributed by atoms with Gasteiger partial charge in [-0.15, -0.1) is 5.10 Å². The molecule has 1 saturated carbocycles. The van der Waals surface area contributed by atoms with Crippen LogP contribution in [-0.2, 0) is 17.8 Å². The molecule has 0 unspecified atom stereocenters. The zero-order valence-corrected chi connectivity index (χ0v) is 10.4. The molecule has 1 aliphatic carbocycles. The van der Waals surface area contributed by atoms with E-state index in [2.05, 4.69) is 15.2 Å². The van der Waals surface area contributed by atoms with Crippen LogP contribution < -0.4 is 5.73 Å². The fraction of sp³-hybridized carbons (Fsp3) is 0.727. The number of hydrogen-bond acceptors (Lipinski definition) is 4. The van der Waals surface area contributed by atoms with Gasteiger partial charge in [0.2, 0.25) is 5.91 Å². The van der Waals surface area contributed by atoms with Crippen LogP contribution in [0.15, 0.2) is 0 Å². The summed E-state index contributed by atoms with van der Waals surface area (Å²) in [5.41, 5.74) is 7.10. The Morgan fingerprint density at radius 3 is 2.76 bits per heavy atom. The van der Waals surface area contributed by atoms with E-state index in [0.29, 0.717) is 5.92 Å². The van der Waals surface area contributed by atoms with E-state index >= 15 is 0 Å². The van der Waals surface area contributed by atoms with E-state index in [1.54, 1.807) is 0 Å². The van der Waals surface area contributed by atoms with Gasteiger partial charge in [0.25, 0.3) is 0 Å². The summed E-state index contributed by atoms with van der Waals surface area (Å²) in [6.07, 6.45) is 2.54. The second-order valence-electron chi connectivity index (χ2n) is 4.87. The molecule has 1 heterocycles. The molecule has 0 bridgehead atoms. The van der Waals surface area contributed by atoms with E-state index < -0.39 is 0 Å². The first-order valence-corrected chi connectivity index (χ1v) is 5.93. The van der Waals surface area contributed by atoms with Crippen molar-refractivity contribution in [3.63, 3.8) is 0 Å². The Morgan fingerprint density at radius 1 is 1.53 bits per heavy atom. The molecule has 0 aromatic carbocycles. The lowest BCUT2D eigenvalue weighted by atomic mass is 10.2. The molecule has 1 aromatic heterocycles. The number of likely N-dealkylation sites (N-methyl/N-ethyl adjacent to an activating group) is 1. The lowest BCUT2D eigenvalue weighted by molar-refractivity contribution is -0.117. The van der Waals surface area contributed by atoms with Crippen LogP contribution in [0.25, 0.3) is 0 Å². The van der Waals surface area contributed by atoms with Gasteiger partial charge in [-0.2, -0.15) is 0 Å². The zero-order chi connectivity index (χ0) is 12.4. The van der Waals surface area contributed by atoms with Crippen molar-refractivity contribution in [1.29, 1.82) is 0 Å². The van der Waals surface area contributed by atoms with Crippen LogP contribution in [0.4, 0.5) is 0 Å². The highest BCUT2D eigenvalue weighted by molar-refractivity contribution is 5.76. The Labute approximate surface area is 101 Å². The predicted octanol–water partition coefficient (Wildman–Crippen LogP) is -0.255. The second kappa shape index (κ2) is 4.83. The van der Waals surface area contributed by atoms with E-state index in [9.17, 15) is 4.79 Å². The van der Waals surface area contributed by atoms with Crippen LogP contribution in [-0.4, -0.2) is 46.4 Å². The topological polar surface area (TPSA) is 77.0 Å². The van der Waals surface area contributed by atoms with Crippen molar-refractivity contribution in [2.75, 3.05) is 20.6 Å². The van der Waals surface area contributed by atoms with Gasteiger partial charge in [0, 0.05) is 12.5 Å². The van der Waals surface area contributed by atoms with E-state index in [1.165, 1.54) is 12.8 Å². The number of aromatic nitrogens is 3. The Hall–Kier alpha value is -1.43. The van der Waals surface area contributed by atoms with Gasteiger partial charge in [-0.25, -0.2) is 4.68 Å². The molecule has 0 saturated heterocycles. The highest BCUT2D eigenvalue weighted by atomic mass is 16.1. The van der Waals surface area contributed by atoms with Crippen LogP contribution in [0.3, 0.4) is 0 Å². The lowest BCUT2D eigenvalue weighted by Gasteiger charge is -2.11. The minimum Gasteiger partial charge on any atom is -0.369 e. The van der Waals surface area contributed by atoms with Gasteiger partial charge in [-0.3, -0.25) is 4.79 Å². The van der Waals surface area contributed by atoms with Crippen LogP contribution in [0.5, 0.6) is 0 Å². The molecule has 1 amide bonds. The van der Waals surface area contributed by atoms with Crippen LogP contribution >= 0.6 is 0 Å². The third kappa shape index (κ3) is 3.03. The first-order valence-electron chi connectivity index (χ1n) is 5.93. The van der Waals surface area contributed by atoms with Crippen molar-refractivity contribution in [3.8, 4) is 0 Å². The monoisotopic (exact) mass is 237 g/mol. The summed E-state index contributed by atoms with van der Waals surface area (Å²) in [5.74, 6) is 0.188. The molecular formula is C11H19N5O. The fourth-order valence-electron chi connectivity index (χ4n) is 1.91. The highest BCUT2D eigenvalue weighted by Gasteiger charge is 2.31. The maximum Gasteiger partial charge on any atom is 0.223 e. The maximum absolute atomic E-state index is 11.0. The number of hydrogen-bond donors (Lipinski definition) is 1. The number of rotatable bonds is 6. The van der Waals surface area contributed by atoms with Gasteiger partial charge in [-0.05, 0) is 26.9 Å². The average molecular weight is 237 g/mol. The smallest absolute Gasteiger partial charge is 0.223 e. The molecular weight excluding hydrogens is 218 g/mol. The number of carbonyl (C=O) groups is 1. The molecule has 2 rings (SSSR count). The van der Waals surface area contributed by atoms with Gasteiger partial charge in [0.1, 0.15) is 0 Å². The molecule has 1 aromatic rings. The van der Waals surface area contributed by atoms with Crippen LogP contribution in [0.1, 0.15) is 30.1 Å². The number of primary amides is 1. The predicted molar refractivity (Wildman–Crippen MR) is 63.4 cm³/mol. The molecule has 17 heavy (non-hydrogen) atoms. The van der Waals surface area contributed by atoms with Crippen molar-refractivity contribution in [2.24, 2.45) is 5.73 Å². The number of carbonyl (C=O) groups excluding carboxylic acids is 1. The summed E-state index contributed by atoms with van der Waals surface area (Å²) < 4.78 is 1.93. The van der Waals surface area contributed by atoms with Crippen molar-refractivity contribution in [3.05, 3.63) is 11.4 Å². The summed E-state index contributed by atoms with van der Waals surface area (Å²) in [7, 11) is 4.05. The van der Waals surface area contributed by atoms with Gasteiger partial charge in [0.05, 0.1) is 24.4 Å². The molecule has 1 aliphatic rings. The molecule has 6 heteroatoms. The lowest BCUT2D eigenvalue weighted by Crippen LogP contribution is -2.20. The second-order valence-corrected chi connectivity index (χ2v) is 4.87. The Balaban J connectivity index is 2.14. The molecule has 2 N–H and O–H groups in total. The number of nitrogens with zero attached hydrogens (tertiary/aromatic N) is 4. The molecule has 6 nitrogen and oxygen atoms in total. The fourth-order valence-corrected chi connectivity index (χ4v) is 1.91. The normalized spacial score (nSPS) is 15.5. The minimum absolute atomic E-state index is 0.202. The van der Waals surface area contributed by atoms with Crippen molar-refractivity contribution in [1.82, 2.24) is 19.9 Å². The summed E-state index contributed by atoms with van der Waals surface area (Å²) in [6.45, 7) is 1.73. The van der Waals surface area contributed by atoms with Crippen molar-refractivity contribution in [2.45, 2.75) is 31.7 Å². The average Bonchev–Trinajstić information content (AvgIpc) is 2.98. The Bertz CT molecular complexity index is 408.